The number of thiazole rings is 1. The van der Waals surface area contributed by atoms with E-state index in [0.717, 1.165) is 56.1 Å². The van der Waals surface area contributed by atoms with Gasteiger partial charge in [-0.25, -0.2) is 4.98 Å². The van der Waals surface area contributed by atoms with Crippen LogP contribution in [0, 0.1) is 5.92 Å². The van der Waals surface area contributed by atoms with E-state index in [1.54, 1.807) is 18.4 Å². The fourth-order valence-electron chi connectivity index (χ4n) is 3.28. The molecule has 2 rings (SSSR count). The van der Waals surface area contributed by atoms with Crippen LogP contribution in [0.4, 0.5) is 0 Å². The number of hydrogen-bond donors (Lipinski definition) is 1. The number of methoxy groups -OCH3 is 1. The minimum Gasteiger partial charge on any atom is -0.379 e. The van der Waals surface area contributed by atoms with Crippen molar-refractivity contribution in [2.45, 2.75) is 39.5 Å². The number of halogens is 1. The van der Waals surface area contributed by atoms with E-state index in [0.29, 0.717) is 12.0 Å². The van der Waals surface area contributed by atoms with Gasteiger partial charge < -0.3 is 19.7 Å². The zero-order valence-corrected chi connectivity index (χ0v) is 21.1. The number of aromatic nitrogens is 1. The van der Waals surface area contributed by atoms with Gasteiger partial charge in [-0.15, -0.1) is 35.3 Å². The standard InChI is InChI=1S/C19H35N5O2S.HI/c1-14(2)17(24-7-9-26-10-8-24)11-21-19(20-4)23(5)12-16-13-27-18(22-16)15(3)25-6;/h13-15,17H,7-12H2,1-6H3,(H,20,21);1H. The molecule has 1 aromatic heterocycles. The highest BCUT2D eigenvalue weighted by Crippen LogP contribution is 2.21. The Morgan fingerprint density at radius 1 is 1.39 bits per heavy atom. The maximum atomic E-state index is 5.50. The topological polar surface area (TPSA) is 62.2 Å². The first-order valence-electron chi connectivity index (χ1n) is 9.66. The smallest absolute Gasteiger partial charge is 0.193 e. The average Bonchev–Trinajstić information content (AvgIpc) is 3.13. The van der Waals surface area contributed by atoms with Gasteiger partial charge in [0.25, 0.3) is 0 Å². The summed E-state index contributed by atoms with van der Waals surface area (Å²) in [6.45, 7) is 11.8. The normalized spacial score (nSPS) is 17.9. The van der Waals surface area contributed by atoms with Crippen molar-refractivity contribution in [3.05, 3.63) is 16.1 Å². The fourth-order valence-corrected chi connectivity index (χ4v) is 4.12. The minimum atomic E-state index is 0. The molecule has 0 aromatic carbocycles. The highest BCUT2D eigenvalue weighted by atomic mass is 127. The molecule has 1 fully saturated rings. The molecule has 2 atom stereocenters. The number of ether oxygens (including phenoxy) is 2. The van der Waals surface area contributed by atoms with Crippen LogP contribution >= 0.6 is 35.3 Å². The van der Waals surface area contributed by atoms with Crippen LogP contribution in [0.2, 0.25) is 0 Å². The van der Waals surface area contributed by atoms with Crippen LogP contribution < -0.4 is 5.32 Å². The quantitative estimate of drug-likeness (QED) is 0.320. The van der Waals surface area contributed by atoms with Crippen molar-refractivity contribution in [3.8, 4) is 0 Å². The molecule has 7 nitrogen and oxygen atoms in total. The number of morpholine rings is 1. The van der Waals surface area contributed by atoms with Crippen molar-refractivity contribution in [3.63, 3.8) is 0 Å². The lowest BCUT2D eigenvalue weighted by atomic mass is 10.0. The fraction of sp³-hybridized carbons (Fsp3) is 0.789. The van der Waals surface area contributed by atoms with E-state index in [1.165, 1.54) is 0 Å². The van der Waals surface area contributed by atoms with Crippen LogP contribution in [0.5, 0.6) is 0 Å². The van der Waals surface area contributed by atoms with Gasteiger partial charge in [0.05, 0.1) is 25.5 Å². The Kier molecular flexibility index (Phi) is 11.8. The number of rotatable bonds is 8. The van der Waals surface area contributed by atoms with Gasteiger partial charge >= 0.3 is 0 Å². The third kappa shape index (κ3) is 7.40. The van der Waals surface area contributed by atoms with E-state index >= 15 is 0 Å². The van der Waals surface area contributed by atoms with Gasteiger partial charge in [-0.2, -0.15) is 0 Å². The lowest BCUT2D eigenvalue weighted by Gasteiger charge is -2.37. The summed E-state index contributed by atoms with van der Waals surface area (Å²) in [7, 11) is 5.59. The summed E-state index contributed by atoms with van der Waals surface area (Å²) in [5.74, 6) is 1.46. The SMILES string of the molecule is CN=C(NCC(C(C)C)N1CCOCC1)N(C)Cc1csc(C(C)OC)n1.I. The maximum absolute atomic E-state index is 5.50. The zero-order valence-electron chi connectivity index (χ0n) is 18.0. The molecule has 0 saturated carbocycles. The largest absolute Gasteiger partial charge is 0.379 e. The van der Waals surface area contributed by atoms with Crippen molar-refractivity contribution in [1.29, 1.82) is 0 Å². The number of guanidine groups is 1. The molecular formula is C19H36IN5O2S. The molecule has 1 N–H and O–H groups in total. The van der Waals surface area contributed by atoms with Crippen LogP contribution in [0.15, 0.2) is 10.4 Å². The van der Waals surface area contributed by atoms with Crippen molar-refractivity contribution in [1.82, 2.24) is 20.1 Å². The first kappa shape index (κ1) is 25.5. The van der Waals surface area contributed by atoms with Gasteiger partial charge in [-0.1, -0.05) is 13.8 Å². The number of hydrogen-bond acceptors (Lipinski definition) is 6. The summed E-state index contributed by atoms with van der Waals surface area (Å²) in [6, 6.07) is 0.465. The third-order valence-electron chi connectivity index (χ3n) is 5.00. The van der Waals surface area contributed by atoms with Crippen LogP contribution in [0.3, 0.4) is 0 Å². The van der Waals surface area contributed by atoms with Crippen LogP contribution in [0.1, 0.15) is 37.6 Å². The highest BCUT2D eigenvalue weighted by molar-refractivity contribution is 14.0. The van der Waals surface area contributed by atoms with Crippen LogP contribution in [-0.4, -0.2) is 80.8 Å². The number of nitrogens with one attached hydrogen (secondary N) is 1. The summed E-state index contributed by atoms with van der Waals surface area (Å²) in [4.78, 5) is 13.8. The minimum absolute atomic E-state index is 0. The third-order valence-corrected chi connectivity index (χ3v) is 6.05. The van der Waals surface area contributed by atoms with E-state index in [4.69, 9.17) is 9.47 Å². The summed E-state index contributed by atoms with van der Waals surface area (Å²) in [5, 5.41) is 6.66. The van der Waals surface area contributed by atoms with E-state index in [2.05, 4.69) is 44.3 Å². The number of nitrogens with zero attached hydrogens (tertiary/aromatic N) is 4. The Labute approximate surface area is 190 Å². The van der Waals surface area contributed by atoms with Gasteiger partial charge in [0, 0.05) is 52.3 Å². The maximum Gasteiger partial charge on any atom is 0.193 e. The molecule has 1 aliphatic heterocycles. The first-order chi connectivity index (χ1) is 13.0. The monoisotopic (exact) mass is 525 g/mol. The molecule has 9 heteroatoms. The van der Waals surface area contributed by atoms with Crippen molar-refractivity contribution >= 4 is 41.3 Å². The molecule has 1 aliphatic rings. The molecule has 2 unspecified atom stereocenters. The lowest BCUT2D eigenvalue weighted by Crippen LogP contribution is -2.52. The average molecular weight is 526 g/mol. The van der Waals surface area contributed by atoms with Gasteiger partial charge in [0.2, 0.25) is 0 Å². The van der Waals surface area contributed by atoms with E-state index in [-0.39, 0.29) is 30.1 Å². The van der Waals surface area contributed by atoms with Gasteiger partial charge in [-0.3, -0.25) is 9.89 Å². The summed E-state index contributed by atoms with van der Waals surface area (Å²) < 4.78 is 10.9. The Bertz CT molecular complexity index is 593. The molecule has 2 heterocycles. The summed E-state index contributed by atoms with van der Waals surface area (Å²) >= 11 is 1.64. The molecule has 28 heavy (non-hydrogen) atoms. The second-order valence-electron chi connectivity index (χ2n) is 7.30. The highest BCUT2D eigenvalue weighted by Gasteiger charge is 2.24. The van der Waals surface area contributed by atoms with E-state index in [1.807, 2.05) is 21.0 Å². The van der Waals surface area contributed by atoms with Gasteiger partial charge in [-0.05, 0) is 12.8 Å². The van der Waals surface area contributed by atoms with Crippen molar-refractivity contribution in [2.24, 2.45) is 10.9 Å². The predicted octanol–water partition coefficient (Wildman–Crippen LogP) is 2.83. The predicted molar refractivity (Wildman–Crippen MR) is 127 cm³/mol. The Hall–Kier alpha value is -0.490. The Morgan fingerprint density at radius 2 is 2.07 bits per heavy atom. The second kappa shape index (κ2) is 12.9. The molecule has 1 saturated heterocycles. The van der Waals surface area contributed by atoms with Crippen molar-refractivity contribution < 1.29 is 9.47 Å². The molecule has 0 bridgehead atoms. The van der Waals surface area contributed by atoms with E-state index < -0.39 is 0 Å². The van der Waals surface area contributed by atoms with Crippen LogP contribution in [0.25, 0.3) is 0 Å². The molecule has 0 radical (unpaired) electrons. The van der Waals surface area contributed by atoms with E-state index in [9.17, 15) is 0 Å². The Morgan fingerprint density at radius 3 is 2.64 bits per heavy atom. The molecule has 0 aliphatic carbocycles. The summed E-state index contributed by atoms with van der Waals surface area (Å²) in [5.41, 5.74) is 1.04. The number of aliphatic imine (C=N–C) groups is 1. The molecule has 0 spiro atoms. The van der Waals surface area contributed by atoms with Crippen molar-refractivity contribution in [2.75, 3.05) is 54.1 Å². The van der Waals surface area contributed by atoms with Gasteiger partial charge in [0.1, 0.15) is 11.1 Å². The second-order valence-corrected chi connectivity index (χ2v) is 8.19. The molecule has 1 aromatic rings. The lowest BCUT2D eigenvalue weighted by molar-refractivity contribution is 0.00741. The molecule has 162 valence electrons. The zero-order chi connectivity index (χ0) is 19.8. The Balaban J connectivity index is 0.00000392. The first-order valence-corrected chi connectivity index (χ1v) is 10.5. The molecular weight excluding hydrogens is 489 g/mol. The summed E-state index contributed by atoms with van der Waals surface area (Å²) in [6.07, 6.45) is 0.0341. The molecule has 0 amide bonds. The van der Waals surface area contributed by atoms with Crippen LogP contribution in [-0.2, 0) is 16.0 Å². The van der Waals surface area contributed by atoms with Gasteiger partial charge in [0.15, 0.2) is 5.96 Å².